The number of fused-ring (bicyclic) bond motifs is 5. The number of nitrogens with two attached hydrogens (primary N) is 1. The molecule has 1 aliphatic heterocycles. The topological polar surface area (TPSA) is 80.5 Å². The van der Waals surface area contributed by atoms with Crippen molar-refractivity contribution in [1.82, 2.24) is 4.90 Å². The summed E-state index contributed by atoms with van der Waals surface area (Å²) in [6.07, 6.45) is 5.08. The molecular formula is C12H14N2O3. The average molecular weight is 234 g/mol. The summed E-state index contributed by atoms with van der Waals surface area (Å²) < 4.78 is 0. The standard InChI is InChI=1S/C12H14N2O3/c13-8(15)3-4-14-11(16)9-6-1-2-7(5-6)10(9)12(14)17/h1-2,6-7,9-10H,3-5H2,(H2,13,15)/t6-,7-,9-,10-/m0/s1. The molecule has 0 unspecified atom stereocenters. The van der Waals surface area contributed by atoms with E-state index in [1.165, 1.54) is 4.90 Å². The number of amides is 3. The largest absolute Gasteiger partial charge is 0.370 e. The van der Waals surface area contributed by atoms with Crippen molar-refractivity contribution in [2.75, 3.05) is 6.54 Å². The van der Waals surface area contributed by atoms with Crippen LogP contribution in [0.1, 0.15) is 12.8 Å². The van der Waals surface area contributed by atoms with Gasteiger partial charge in [0.25, 0.3) is 0 Å². The predicted octanol–water partition coefficient (Wildman–Crippen LogP) is -0.331. The van der Waals surface area contributed by atoms with Crippen LogP contribution in [0.2, 0.25) is 0 Å². The molecule has 0 spiro atoms. The first kappa shape index (κ1) is 10.5. The summed E-state index contributed by atoms with van der Waals surface area (Å²) in [6, 6.07) is 0. The van der Waals surface area contributed by atoms with E-state index in [9.17, 15) is 14.4 Å². The molecule has 1 saturated carbocycles. The summed E-state index contributed by atoms with van der Waals surface area (Å²) in [6.45, 7) is 0.138. The molecule has 5 nitrogen and oxygen atoms in total. The zero-order chi connectivity index (χ0) is 12.2. The second-order valence-electron chi connectivity index (χ2n) is 5.04. The minimum Gasteiger partial charge on any atom is -0.370 e. The first-order chi connectivity index (χ1) is 8.09. The number of primary amides is 1. The number of nitrogens with zero attached hydrogens (tertiary/aromatic N) is 1. The predicted molar refractivity (Wildman–Crippen MR) is 58.2 cm³/mol. The number of carbonyl (C=O) groups is 3. The molecule has 2 aliphatic carbocycles. The van der Waals surface area contributed by atoms with Crippen LogP contribution in [0.15, 0.2) is 12.2 Å². The number of rotatable bonds is 3. The summed E-state index contributed by atoms with van der Waals surface area (Å²) >= 11 is 0. The molecule has 90 valence electrons. The SMILES string of the molecule is NC(=O)CCN1C(=O)[C@@H]2[C@@H](C1=O)[C@H]1C=C[C@H]2C1. The fraction of sp³-hybridized carbons (Fsp3) is 0.583. The highest BCUT2D eigenvalue weighted by atomic mass is 16.2. The molecule has 3 rings (SSSR count). The molecule has 5 heteroatoms. The Labute approximate surface area is 98.6 Å². The van der Waals surface area contributed by atoms with Crippen LogP contribution >= 0.6 is 0 Å². The molecule has 3 amide bonds. The molecular weight excluding hydrogens is 220 g/mol. The van der Waals surface area contributed by atoms with E-state index in [-0.39, 0.29) is 48.5 Å². The van der Waals surface area contributed by atoms with Gasteiger partial charge in [-0.2, -0.15) is 0 Å². The van der Waals surface area contributed by atoms with Crippen molar-refractivity contribution in [2.24, 2.45) is 29.4 Å². The van der Waals surface area contributed by atoms with Gasteiger partial charge < -0.3 is 5.73 Å². The number of allylic oxidation sites excluding steroid dienone is 2. The highest BCUT2D eigenvalue weighted by molar-refractivity contribution is 6.06. The molecule has 2 bridgehead atoms. The average Bonchev–Trinajstić information content (AvgIpc) is 2.92. The summed E-state index contributed by atoms with van der Waals surface area (Å²) in [5.41, 5.74) is 5.04. The Morgan fingerprint density at radius 2 is 1.76 bits per heavy atom. The lowest BCUT2D eigenvalue weighted by Gasteiger charge is -2.15. The summed E-state index contributed by atoms with van der Waals surface area (Å²) in [4.78, 5) is 36.2. The minimum absolute atomic E-state index is 0.0552. The van der Waals surface area contributed by atoms with Crippen LogP contribution in [0.4, 0.5) is 0 Å². The second-order valence-corrected chi connectivity index (χ2v) is 5.04. The van der Waals surface area contributed by atoms with Crippen molar-refractivity contribution in [1.29, 1.82) is 0 Å². The van der Waals surface area contributed by atoms with E-state index in [0.717, 1.165) is 6.42 Å². The van der Waals surface area contributed by atoms with Crippen LogP contribution in [0, 0.1) is 23.7 Å². The van der Waals surface area contributed by atoms with Gasteiger partial charge in [-0.1, -0.05) is 12.2 Å². The number of imide groups is 1. The smallest absolute Gasteiger partial charge is 0.233 e. The Hall–Kier alpha value is -1.65. The third-order valence-electron chi connectivity index (χ3n) is 4.14. The second kappa shape index (κ2) is 3.42. The van der Waals surface area contributed by atoms with Crippen LogP contribution in [-0.4, -0.2) is 29.2 Å². The van der Waals surface area contributed by atoms with Crippen LogP contribution < -0.4 is 5.73 Å². The summed E-state index contributed by atoms with van der Waals surface area (Å²) in [5.74, 6) is -0.615. The lowest BCUT2D eigenvalue weighted by atomic mass is 9.85. The minimum atomic E-state index is -0.483. The first-order valence-electron chi connectivity index (χ1n) is 5.91. The first-order valence-corrected chi connectivity index (χ1v) is 5.91. The molecule has 17 heavy (non-hydrogen) atoms. The van der Waals surface area contributed by atoms with E-state index in [4.69, 9.17) is 5.73 Å². The van der Waals surface area contributed by atoms with Crippen molar-refractivity contribution in [3.05, 3.63) is 12.2 Å². The lowest BCUT2D eigenvalue weighted by Crippen LogP contribution is -2.35. The molecule has 4 atom stereocenters. The molecule has 1 saturated heterocycles. The Morgan fingerprint density at radius 1 is 1.24 bits per heavy atom. The van der Waals surface area contributed by atoms with Crippen molar-refractivity contribution in [3.8, 4) is 0 Å². The van der Waals surface area contributed by atoms with Crippen molar-refractivity contribution >= 4 is 17.7 Å². The van der Waals surface area contributed by atoms with Gasteiger partial charge in [0, 0.05) is 13.0 Å². The van der Waals surface area contributed by atoms with Crippen LogP contribution in [0.5, 0.6) is 0 Å². The molecule has 3 aliphatic rings. The normalized spacial score (nSPS) is 38.0. The third-order valence-corrected chi connectivity index (χ3v) is 4.14. The Balaban J connectivity index is 1.80. The fourth-order valence-corrected chi connectivity index (χ4v) is 3.41. The van der Waals surface area contributed by atoms with E-state index in [1.807, 2.05) is 0 Å². The van der Waals surface area contributed by atoms with E-state index in [0.29, 0.717) is 0 Å². The Bertz CT molecular complexity index is 413. The molecule has 0 aromatic heterocycles. The molecule has 0 aromatic carbocycles. The van der Waals surface area contributed by atoms with Crippen LogP contribution in [-0.2, 0) is 14.4 Å². The van der Waals surface area contributed by atoms with Gasteiger partial charge in [-0.15, -0.1) is 0 Å². The monoisotopic (exact) mass is 234 g/mol. The molecule has 2 fully saturated rings. The van der Waals surface area contributed by atoms with E-state index < -0.39 is 5.91 Å². The number of likely N-dealkylation sites (tertiary alicyclic amines) is 1. The quantitative estimate of drug-likeness (QED) is 0.536. The number of hydrogen-bond acceptors (Lipinski definition) is 3. The third kappa shape index (κ3) is 1.34. The summed E-state index contributed by atoms with van der Waals surface area (Å²) in [7, 11) is 0. The lowest BCUT2D eigenvalue weighted by molar-refractivity contribution is -0.140. The number of hydrogen-bond donors (Lipinski definition) is 1. The molecule has 1 heterocycles. The maximum Gasteiger partial charge on any atom is 0.233 e. The zero-order valence-corrected chi connectivity index (χ0v) is 9.33. The van der Waals surface area contributed by atoms with Gasteiger partial charge in [0.2, 0.25) is 17.7 Å². The van der Waals surface area contributed by atoms with Crippen LogP contribution in [0.25, 0.3) is 0 Å². The van der Waals surface area contributed by atoms with Gasteiger partial charge in [0.05, 0.1) is 11.8 Å². The van der Waals surface area contributed by atoms with E-state index >= 15 is 0 Å². The Morgan fingerprint density at radius 3 is 2.24 bits per heavy atom. The van der Waals surface area contributed by atoms with E-state index in [2.05, 4.69) is 12.2 Å². The van der Waals surface area contributed by atoms with Crippen molar-refractivity contribution in [3.63, 3.8) is 0 Å². The van der Waals surface area contributed by atoms with Gasteiger partial charge in [-0.3, -0.25) is 19.3 Å². The fourth-order valence-electron chi connectivity index (χ4n) is 3.41. The van der Waals surface area contributed by atoms with Crippen LogP contribution in [0.3, 0.4) is 0 Å². The highest BCUT2D eigenvalue weighted by Crippen LogP contribution is 2.52. The van der Waals surface area contributed by atoms with Gasteiger partial charge in [0.1, 0.15) is 0 Å². The molecule has 0 aromatic rings. The number of carbonyl (C=O) groups excluding carboxylic acids is 3. The van der Waals surface area contributed by atoms with Crippen molar-refractivity contribution in [2.45, 2.75) is 12.8 Å². The highest BCUT2D eigenvalue weighted by Gasteiger charge is 2.58. The summed E-state index contributed by atoms with van der Waals surface area (Å²) in [5, 5.41) is 0. The van der Waals surface area contributed by atoms with Gasteiger partial charge in [-0.25, -0.2) is 0 Å². The molecule has 2 N–H and O–H groups in total. The maximum atomic E-state index is 12.1. The van der Waals surface area contributed by atoms with Gasteiger partial charge in [0.15, 0.2) is 0 Å². The molecule has 0 radical (unpaired) electrons. The van der Waals surface area contributed by atoms with Gasteiger partial charge in [-0.05, 0) is 18.3 Å². The Kier molecular flexibility index (Phi) is 2.11. The van der Waals surface area contributed by atoms with Gasteiger partial charge >= 0.3 is 0 Å². The van der Waals surface area contributed by atoms with E-state index in [1.54, 1.807) is 0 Å². The zero-order valence-electron chi connectivity index (χ0n) is 9.33. The maximum absolute atomic E-state index is 12.1. The van der Waals surface area contributed by atoms with Crippen molar-refractivity contribution < 1.29 is 14.4 Å².